The number of thiazole rings is 1. The van der Waals surface area contributed by atoms with E-state index in [2.05, 4.69) is 15.2 Å². The molecule has 0 fully saturated rings. The number of aryl methyl sites for hydroxylation is 1. The molecule has 0 aliphatic rings. The lowest BCUT2D eigenvalue weighted by Crippen LogP contribution is -2.11. The minimum atomic E-state index is -0.319. The third-order valence-electron chi connectivity index (χ3n) is 4.44. The fourth-order valence-electron chi connectivity index (χ4n) is 2.91. The van der Waals surface area contributed by atoms with Crippen molar-refractivity contribution in [1.82, 2.24) is 14.5 Å². The lowest BCUT2D eigenvalue weighted by atomic mass is 10.2. The molecule has 5 nitrogen and oxygen atoms in total. The van der Waals surface area contributed by atoms with Crippen LogP contribution in [0.25, 0.3) is 16.9 Å². The van der Waals surface area contributed by atoms with Gasteiger partial charge in [0.1, 0.15) is 11.0 Å². The van der Waals surface area contributed by atoms with Gasteiger partial charge in [0.2, 0.25) is 4.80 Å². The van der Waals surface area contributed by atoms with Crippen molar-refractivity contribution >= 4 is 40.8 Å². The fraction of sp³-hybridized carbons (Fsp3) is 0.0952. The van der Waals surface area contributed by atoms with Crippen molar-refractivity contribution in [2.75, 3.05) is 7.05 Å². The van der Waals surface area contributed by atoms with Crippen LogP contribution in [0, 0.1) is 12.7 Å². The lowest BCUT2D eigenvalue weighted by molar-refractivity contribution is 0.627. The summed E-state index contributed by atoms with van der Waals surface area (Å²) in [5.74, 6) is -0.319. The van der Waals surface area contributed by atoms with Crippen LogP contribution in [-0.4, -0.2) is 27.7 Å². The highest BCUT2D eigenvalue weighted by molar-refractivity contribution is 7.07. The van der Waals surface area contributed by atoms with E-state index in [0.717, 1.165) is 16.1 Å². The first-order chi connectivity index (χ1) is 14.5. The van der Waals surface area contributed by atoms with Gasteiger partial charge in [-0.25, -0.2) is 13.7 Å². The van der Waals surface area contributed by atoms with E-state index < -0.39 is 0 Å². The molecule has 2 aromatic heterocycles. The number of nitrogens with zero attached hydrogens (tertiary/aromatic N) is 5. The molecule has 0 aliphatic heterocycles. The van der Waals surface area contributed by atoms with E-state index in [0.29, 0.717) is 27.1 Å². The van der Waals surface area contributed by atoms with Gasteiger partial charge in [0.25, 0.3) is 0 Å². The molecular formula is C21H16Cl2FN5S. The van der Waals surface area contributed by atoms with E-state index in [9.17, 15) is 4.39 Å². The topological polar surface area (TPSA) is 47.5 Å². The number of hydrogen-bond acceptors (Lipinski definition) is 4. The molecule has 0 unspecified atom stereocenters. The summed E-state index contributed by atoms with van der Waals surface area (Å²) in [6.45, 7) is 1.84. The van der Waals surface area contributed by atoms with Crippen LogP contribution in [0.4, 0.5) is 4.39 Å². The second kappa shape index (κ2) is 8.55. The molecule has 0 spiro atoms. The van der Waals surface area contributed by atoms with Crippen LogP contribution in [0.3, 0.4) is 0 Å². The summed E-state index contributed by atoms with van der Waals surface area (Å²) in [6, 6.07) is 13.5. The van der Waals surface area contributed by atoms with Gasteiger partial charge in [-0.05, 0) is 43.3 Å². The fourth-order valence-corrected chi connectivity index (χ4v) is 4.16. The minimum Gasteiger partial charge on any atom is -0.261 e. The third-order valence-corrected chi connectivity index (χ3v) is 5.96. The lowest BCUT2D eigenvalue weighted by Gasteiger charge is -2.04. The summed E-state index contributed by atoms with van der Waals surface area (Å²) in [7, 11) is 1.72. The molecular weight excluding hydrogens is 444 g/mol. The first-order valence-corrected chi connectivity index (χ1v) is 10.6. The van der Waals surface area contributed by atoms with Gasteiger partial charge < -0.3 is 0 Å². The van der Waals surface area contributed by atoms with Crippen molar-refractivity contribution in [3.05, 3.63) is 86.0 Å². The first-order valence-electron chi connectivity index (χ1n) is 8.92. The normalized spacial score (nSPS) is 12.2. The van der Waals surface area contributed by atoms with Gasteiger partial charge >= 0.3 is 0 Å². The molecule has 0 bridgehead atoms. The molecule has 0 amide bonds. The SMILES string of the molecule is CN=c1scc(-c2ccc(Cl)cc2)n1N=Cc1c(C)nn(-c2ccc(F)cc2)c1Cl. The largest absolute Gasteiger partial charge is 0.261 e. The molecule has 0 radical (unpaired) electrons. The van der Waals surface area contributed by atoms with E-state index in [4.69, 9.17) is 23.2 Å². The Labute approximate surface area is 186 Å². The molecule has 0 atom stereocenters. The standard InChI is InChI=1S/C21H16Cl2FN5S/c1-13-18(20(23)28(27-13)17-9-7-16(24)8-10-17)11-26-29-19(12-30-21(29)25-2)14-3-5-15(22)6-4-14/h3-12H,1-2H3. The second-order valence-electron chi connectivity index (χ2n) is 6.37. The number of halogens is 3. The molecule has 0 N–H and O–H groups in total. The molecule has 2 aromatic carbocycles. The van der Waals surface area contributed by atoms with Crippen LogP contribution in [0.2, 0.25) is 10.2 Å². The smallest absolute Gasteiger partial charge is 0.205 e. The Morgan fingerprint density at radius 1 is 1.07 bits per heavy atom. The zero-order chi connectivity index (χ0) is 21.3. The minimum absolute atomic E-state index is 0.319. The Morgan fingerprint density at radius 3 is 2.43 bits per heavy atom. The van der Waals surface area contributed by atoms with E-state index in [-0.39, 0.29) is 5.82 Å². The van der Waals surface area contributed by atoms with Gasteiger partial charge in [-0.1, -0.05) is 35.3 Å². The van der Waals surface area contributed by atoms with Gasteiger partial charge in [0, 0.05) is 23.0 Å². The quantitative estimate of drug-likeness (QED) is 0.368. The Bertz CT molecular complexity index is 1280. The molecule has 4 rings (SSSR count). The van der Waals surface area contributed by atoms with Gasteiger partial charge in [-0.15, -0.1) is 11.3 Å². The Morgan fingerprint density at radius 2 is 1.77 bits per heavy atom. The summed E-state index contributed by atoms with van der Waals surface area (Å²) >= 11 is 14.1. The highest BCUT2D eigenvalue weighted by atomic mass is 35.5. The van der Waals surface area contributed by atoms with E-state index in [1.54, 1.807) is 34.8 Å². The maximum absolute atomic E-state index is 13.2. The molecule has 9 heteroatoms. The summed E-state index contributed by atoms with van der Waals surface area (Å²) in [5.41, 5.74) is 3.88. The molecule has 152 valence electrons. The summed E-state index contributed by atoms with van der Waals surface area (Å²) in [6.07, 6.45) is 1.66. The highest BCUT2D eigenvalue weighted by Gasteiger charge is 2.14. The average Bonchev–Trinajstić information content (AvgIpc) is 3.28. The first kappa shape index (κ1) is 20.5. The van der Waals surface area contributed by atoms with Crippen LogP contribution >= 0.6 is 34.5 Å². The summed E-state index contributed by atoms with van der Waals surface area (Å²) < 4.78 is 16.5. The van der Waals surface area contributed by atoms with E-state index in [1.165, 1.54) is 23.5 Å². The summed E-state index contributed by atoms with van der Waals surface area (Å²) in [5, 5.41) is 12.1. The number of hydrogen-bond donors (Lipinski definition) is 0. The van der Waals surface area contributed by atoms with Gasteiger partial charge in [-0.3, -0.25) is 4.99 Å². The van der Waals surface area contributed by atoms with Crippen LogP contribution in [0.15, 0.2) is 64.0 Å². The number of aromatic nitrogens is 3. The molecule has 30 heavy (non-hydrogen) atoms. The molecule has 0 saturated heterocycles. The van der Waals surface area contributed by atoms with Crippen molar-refractivity contribution in [3.63, 3.8) is 0 Å². The Kier molecular flexibility index (Phi) is 5.85. The van der Waals surface area contributed by atoms with Gasteiger partial charge in [0.15, 0.2) is 0 Å². The summed E-state index contributed by atoms with van der Waals surface area (Å²) in [4.78, 5) is 5.04. The molecule has 0 aliphatic carbocycles. The molecule has 2 heterocycles. The maximum atomic E-state index is 13.2. The van der Waals surface area contributed by atoms with Crippen LogP contribution < -0.4 is 4.80 Å². The predicted octanol–water partition coefficient (Wildman–Crippen LogP) is 5.57. The zero-order valence-electron chi connectivity index (χ0n) is 16.1. The second-order valence-corrected chi connectivity index (χ2v) is 8.00. The van der Waals surface area contributed by atoms with Crippen molar-refractivity contribution in [1.29, 1.82) is 0 Å². The van der Waals surface area contributed by atoms with Gasteiger partial charge in [-0.2, -0.15) is 10.2 Å². The Balaban J connectivity index is 1.76. The average molecular weight is 460 g/mol. The monoisotopic (exact) mass is 459 g/mol. The van der Waals surface area contributed by atoms with Crippen LogP contribution in [0.5, 0.6) is 0 Å². The maximum Gasteiger partial charge on any atom is 0.205 e. The predicted molar refractivity (Wildman–Crippen MR) is 121 cm³/mol. The van der Waals surface area contributed by atoms with Crippen molar-refractivity contribution in [2.45, 2.75) is 6.92 Å². The molecule has 4 aromatic rings. The van der Waals surface area contributed by atoms with Crippen molar-refractivity contribution in [3.8, 4) is 16.9 Å². The van der Waals surface area contributed by atoms with Crippen molar-refractivity contribution < 1.29 is 4.39 Å². The number of benzene rings is 2. The molecule has 0 saturated carbocycles. The van der Waals surface area contributed by atoms with Crippen molar-refractivity contribution in [2.24, 2.45) is 10.1 Å². The van der Waals surface area contributed by atoms with Crippen LogP contribution in [-0.2, 0) is 0 Å². The van der Waals surface area contributed by atoms with E-state index in [1.807, 2.05) is 36.6 Å². The third kappa shape index (κ3) is 3.96. The van der Waals surface area contributed by atoms with Crippen LogP contribution in [0.1, 0.15) is 11.3 Å². The number of rotatable bonds is 4. The Hall–Kier alpha value is -2.74. The van der Waals surface area contributed by atoms with Gasteiger partial charge in [0.05, 0.1) is 28.9 Å². The highest BCUT2D eigenvalue weighted by Crippen LogP contribution is 2.24. The zero-order valence-corrected chi connectivity index (χ0v) is 18.4. The van der Waals surface area contributed by atoms with E-state index >= 15 is 0 Å².